The number of nitrogens with zero attached hydrogens (tertiary/aromatic N) is 4. The van der Waals surface area contributed by atoms with Crippen LogP contribution in [0.1, 0.15) is 21.9 Å². The van der Waals surface area contributed by atoms with Crippen molar-refractivity contribution in [3.05, 3.63) is 89.8 Å². The molecule has 10 nitrogen and oxygen atoms in total. The molecule has 4 aromatic rings. The Morgan fingerprint density at radius 2 is 1.66 bits per heavy atom. The average Bonchev–Trinajstić information content (AvgIpc) is 3.27. The number of ether oxygens (including phenoxy) is 1. The van der Waals surface area contributed by atoms with Gasteiger partial charge in [-0.15, -0.1) is 0 Å². The Balaban J connectivity index is 1.36. The van der Waals surface area contributed by atoms with Crippen LogP contribution in [0.4, 0.5) is 16.0 Å². The summed E-state index contributed by atoms with van der Waals surface area (Å²) in [6, 6.07) is 14.4. The SMILES string of the molecule is Cc1cc(C)nc(NS(=O)(=O)c2ccc(NC(=O)c3ccn(COc4ccc(F)cc4)n3)cc2)n1. The summed E-state index contributed by atoms with van der Waals surface area (Å²) in [5.74, 6) is -0.407. The van der Waals surface area contributed by atoms with Crippen molar-refractivity contribution in [1.29, 1.82) is 0 Å². The number of amides is 1. The molecule has 0 aliphatic carbocycles. The fourth-order valence-electron chi connectivity index (χ4n) is 3.09. The topological polar surface area (TPSA) is 128 Å². The summed E-state index contributed by atoms with van der Waals surface area (Å²) in [5.41, 5.74) is 1.79. The molecule has 180 valence electrons. The van der Waals surface area contributed by atoms with E-state index in [2.05, 4.69) is 25.1 Å². The molecule has 0 aliphatic rings. The fourth-order valence-corrected chi connectivity index (χ4v) is 4.03. The number of anilines is 2. The van der Waals surface area contributed by atoms with Gasteiger partial charge in [0, 0.05) is 23.3 Å². The summed E-state index contributed by atoms with van der Waals surface area (Å²) < 4.78 is 47.5. The van der Waals surface area contributed by atoms with Crippen molar-refractivity contribution >= 4 is 27.6 Å². The number of aromatic nitrogens is 4. The number of hydrogen-bond donors (Lipinski definition) is 2. The van der Waals surface area contributed by atoms with E-state index < -0.39 is 15.9 Å². The third kappa shape index (κ3) is 6.18. The van der Waals surface area contributed by atoms with E-state index in [1.165, 1.54) is 59.3 Å². The molecule has 0 radical (unpaired) electrons. The molecule has 0 saturated carbocycles. The second-order valence-corrected chi connectivity index (χ2v) is 9.21. The van der Waals surface area contributed by atoms with Gasteiger partial charge in [-0.3, -0.25) is 4.79 Å². The highest BCUT2D eigenvalue weighted by atomic mass is 32.2. The van der Waals surface area contributed by atoms with E-state index in [4.69, 9.17) is 4.74 Å². The average molecular weight is 497 g/mol. The minimum Gasteiger partial charge on any atom is -0.471 e. The minimum atomic E-state index is -3.91. The first-order valence-corrected chi connectivity index (χ1v) is 11.8. The Hall–Kier alpha value is -4.32. The quantitative estimate of drug-likeness (QED) is 0.382. The Kier molecular flexibility index (Phi) is 6.73. The number of hydrogen-bond acceptors (Lipinski definition) is 7. The molecule has 0 fully saturated rings. The second-order valence-electron chi connectivity index (χ2n) is 7.53. The number of nitrogens with one attached hydrogen (secondary N) is 2. The monoisotopic (exact) mass is 496 g/mol. The van der Waals surface area contributed by atoms with Crippen LogP contribution in [0.25, 0.3) is 0 Å². The molecule has 4 rings (SSSR count). The third-order valence-electron chi connectivity index (χ3n) is 4.68. The number of carbonyl (C=O) groups excluding carboxylic acids is 1. The molecule has 0 atom stereocenters. The highest BCUT2D eigenvalue weighted by Gasteiger charge is 2.17. The number of halogens is 1. The van der Waals surface area contributed by atoms with Crippen LogP contribution >= 0.6 is 0 Å². The van der Waals surface area contributed by atoms with E-state index in [0.29, 0.717) is 22.8 Å². The van der Waals surface area contributed by atoms with Crippen molar-refractivity contribution in [3.8, 4) is 5.75 Å². The van der Waals surface area contributed by atoms with Gasteiger partial charge in [-0.25, -0.2) is 32.2 Å². The zero-order chi connectivity index (χ0) is 25.0. The lowest BCUT2D eigenvalue weighted by atomic mass is 10.3. The number of aryl methyl sites for hydroxylation is 2. The molecule has 35 heavy (non-hydrogen) atoms. The van der Waals surface area contributed by atoms with E-state index in [-0.39, 0.29) is 29.1 Å². The number of rotatable bonds is 8. The van der Waals surface area contributed by atoms with Gasteiger partial charge in [0.25, 0.3) is 15.9 Å². The van der Waals surface area contributed by atoms with E-state index in [1.54, 1.807) is 26.1 Å². The van der Waals surface area contributed by atoms with Gasteiger partial charge in [0.2, 0.25) is 5.95 Å². The molecule has 2 N–H and O–H groups in total. The summed E-state index contributed by atoms with van der Waals surface area (Å²) in [6.07, 6.45) is 1.56. The molecule has 1 amide bonds. The molecule has 0 spiro atoms. The lowest BCUT2D eigenvalue weighted by molar-refractivity contribution is 0.102. The van der Waals surface area contributed by atoms with Crippen LogP contribution in [0, 0.1) is 19.7 Å². The van der Waals surface area contributed by atoms with Crippen LogP contribution in [0.15, 0.2) is 71.8 Å². The molecule has 0 saturated heterocycles. The van der Waals surface area contributed by atoms with Crippen molar-refractivity contribution in [1.82, 2.24) is 19.7 Å². The fraction of sp³-hybridized carbons (Fsp3) is 0.130. The molecule has 12 heteroatoms. The van der Waals surface area contributed by atoms with Gasteiger partial charge in [-0.05, 0) is 74.5 Å². The predicted octanol–water partition coefficient (Wildman–Crippen LogP) is 3.52. The molecule has 0 bridgehead atoms. The number of sulfonamides is 1. The highest BCUT2D eigenvalue weighted by molar-refractivity contribution is 7.92. The number of benzene rings is 2. The first-order chi connectivity index (χ1) is 16.7. The maximum Gasteiger partial charge on any atom is 0.276 e. The lowest BCUT2D eigenvalue weighted by Crippen LogP contribution is -2.16. The van der Waals surface area contributed by atoms with Gasteiger partial charge in [0.15, 0.2) is 12.4 Å². The van der Waals surface area contributed by atoms with Crippen molar-refractivity contribution in [2.75, 3.05) is 10.0 Å². The van der Waals surface area contributed by atoms with Crippen molar-refractivity contribution in [2.45, 2.75) is 25.5 Å². The van der Waals surface area contributed by atoms with Crippen molar-refractivity contribution < 1.29 is 22.3 Å². The van der Waals surface area contributed by atoms with Crippen LogP contribution in [-0.4, -0.2) is 34.1 Å². The van der Waals surface area contributed by atoms with Gasteiger partial charge >= 0.3 is 0 Å². The Bertz CT molecular complexity index is 1430. The molecule has 2 aromatic heterocycles. The van der Waals surface area contributed by atoms with Crippen LogP contribution in [0.2, 0.25) is 0 Å². The van der Waals surface area contributed by atoms with Gasteiger partial charge < -0.3 is 10.1 Å². The van der Waals surface area contributed by atoms with Gasteiger partial charge in [0.1, 0.15) is 11.6 Å². The molecule has 0 unspecified atom stereocenters. The van der Waals surface area contributed by atoms with Gasteiger partial charge in [-0.1, -0.05) is 0 Å². The summed E-state index contributed by atoms with van der Waals surface area (Å²) in [6.45, 7) is 3.51. The normalized spacial score (nSPS) is 11.2. The van der Waals surface area contributed by atoms with E-state index in [0.717, 1.165) is 0 Å². The van der Waals surface area contributed by atoms with E-state index >= 15 is 0 Å². The molecular weight excluding hydrogens is 475 g/mol. The first kappa shape index (κ1) is 23.8. The third-order valence-corrected chi connectivity index (χ3v) is 6.02. The minimum absolute atomic E-state index is 0.0134. The zero-order valence-corrected chi connectivity index (χ0v) is 19.6. The van der Waals surface area contributed by atoms with Crippen molar-refractivity contribution in [2.24, 2.45) is 0 Å². The molecule has 0 aliphatic heterocycles. The Morgan fingerprint density at radius 1 is 1.00 bits per heavy atom. The van der Waals surface area contributed by atoms with E-state index in [1.807, 2.05) is 0 Å². The summed E-state index contributed by atoms with van der Waals surface area (Å²) >= 11 is 0. The lowest BCUT2D eigenvalue weighted by Gasteiger charge is -2.09. The zero-order valence-electron chi connectivity index (χ0n) is 18.8. The largest absolute Gasteiger partial charge is 0.471 e. The predicted molar refractivity (Wildman–Crippen MR) is 126 cm³/mol. The summed E-state index contributed by atoms with van der Waals surface area (Å²) in [7, 11) is -3.91. The maximum atomic E-state index is 13.0. The Morgan fingerprint density at radius 3 is 2.31 bits per heavy atom. The molecule has 2 heterocycles. The van der Waals surface area contributed by atoms with Crippen LogP contribution in [0.5, 0.6) is 5.75 Å². The molecule has 2 aromatic carbocycles. The second kappa shape index (κ2) is 9.89. The molecular formula is C23H21FN6O4S. The van der Waals surface area contributed by atoms with Gasteiger partial charge in [-0.2, -0.15) is 5.10 Å². The van der Waals surface area contributed by atoms with Crippen LogP contribution < -0.4 is 14.8 Å². The van der Waals surface area contributed by atoms with Crippen LogP contribution in [-0.2, 0) is 16.8 Å². The van der Waals surface area contributed by atoms with Crippen LogP contribution in [0.3, 0.4) is 0 Å². The highest BCUT2D eigenvalue weighted by Crippen LogP contribution is 2.18. The summed E-state index contributed by atoms with van der Waals surface area (Å²) in [5, 5.41) is 6.80. The maximum absolute atomic E-state index is 13.0. The standard InChI is InChI=1S/C23H21FN6O4S/c1-15-13-16(2)26-23(25-15)29-35(32,33)20-9-5-18(6-10-20)27-22(31)21-11-12-30(28-21)14-34-19-7-3-17(24)4-8-19/h3-13H,14H2,1-2H3,(H,27,31)(H,25,26,29). The Labute approximate surface area is 200 Å². The smallest absolute Gasteiger partial charge is 0.276 e. The number of carbonyl (C=O) groups is 1. The summed E-state index contributed by atoms with van der Waals surface area (Å²) in [4.78, 5) is 20.7. The van der Waals surface area contributed by atoms with Gasteiger partial charge in [0.05, 0.1) is 4.90 Å². The first-order valence-electron chi connectivity index (χ1n) is 10.4. The van der Waals surface area contributed by atoms with E-state index in [9.17, 15) is 17.6 Å². The van der Waals surface area contributed by atoms with Crippen molar-refractivity contribution in [3.63, 3.8) is 0 Å².